The first kappa shape index (κ1) is 19.7. The zero-order chi connectivity index (χ0) is 22.9. The molecule has 2 saturated heterocycles. The number of fused-ring (bicyclic) bond motifs is 5. The fourth-order valence-corrected chi connectivity index (χ4v) is 5.54. The molecule has 33 heavy (non-hydrogen) atoms. The van der Waals surface area contributed by atoms with E-state index in [9.17, 15) is 14.4 Å². The van der Waals surface area contributed by atoms with Crippen molar-refractivity contribution in [2.24, 2.45) is 11.8 Å². The Kier molecular flexibility index (Phi) is 4.21. The van der Waals surface area contributed by atoms with Crippen molar-refractivity contribution in [2.75, 3.05) is 4.90 Å². The van der Waals surface area contributed by atoms with E-state index >= 15 is 0 Å². The van der Waals surface area contributed by atoms with Crippen LogP contribution in [0.1, 0.15) is 38.9 Å². The Balaban J connectivity index is 1.51. The van der Waals surface area contributed by atoms with Crippen molar-refractivity contribution in [1.29, 1.82) is 0 Å². The summed E-state index contributed by atoms with van der Waals surface area (Å²) in [4.78, 5) is 44.4. The zero-order valence-corrected chi connectivity index (χ0v) is 18.3. The number of imide groups is 1. The molecule has 4 heterocycles. The molecule has 0 radical (unpaired) electrons. The van der Waals surface area contributed by atoms with Crippen LogP contribution in [-0.4, -0.2) is 28.5 Å². The number of Topliss-reactive ketones (excluding diaryl/α,β-unsaturated/α-hetero) is 1. The molecule has 0 N–H and O–H groups in total. The summed E-state index contributed by atoms with van der Waals surface area (Å²) in [7, 11) is 0. The van der Waals surface area contributed by atoms with Crippen LogP contribution in [0.15, 0.2) is 71.5 Å². The molecule has 6 heteroatoms. The van der Waals surface area contributed by atoms with Gasteiger partial charge in [-0.2, -0.15) is 0 Å². The summed E-state index contributed by atoms with van der Waals surface area (Å²) in [6, 6.07) is 15.5. The van der Waals surface area contributed by atoms with E-state index in [0.29, 0.717) is 5.69 Å². The third-order valence-electron chi connectivity index (χ3n) is 7.24. The first-order valence-electron chi connectivity index (χ1n) is 11.0. The molecule has 0 unspecified atom stereocenters. The molecular weight excluding hydrogens is 416 g/mol. The van der Waals surface area contributed by atoms with Crippen molar-refractivity contribution in [3.63, 3.8) is 0 Å². The number of rotatable bonds is 3. The maximum Gasteiger partial charge on any atom is 0.240 e. The van der Waals surface area contributed by atoms with E-state index in [-0.39, 0.29) is 23.4 Å². The van der Waals surface area contributed by atoms with Crippen molar-refractivity contribution in [3.05, 3.63) is 95.1 Å². The second-order valence-corrected chi connectivity index (χ2v) is 8.96. The molecule has 2 amide bonds. The highest BCUT2D eigenvalue weighted by molar-refractivity contribution is 6.24. The molecule has 3 aliphatic heterocycles. The number of amides is 2. The minimum absolute atomic E-state index is 0.191. The van der Waals surface area contributed by atoms with Gasteiger partial charge in [-0.15, -0.1) is 0 Å². The fraction of sp³-hybridized carbons (Fsp3) is 0.222. The van der Waals surface area contributed by atoms with Crippen molar-refractivity contribution >= 4 is 29.4 Å². The number of hydrogen-bond donors (Lipinski definition) is 0. The largest absolute Gasteiger partial charge is 0.461 e. The first-order valence-corrected chi connectivity index (χ1v) is 11.0. The highest BCUT2D eigenvalue weighted by Gasteiger charge is 2.64. The van der Waals surface area contributed by atoms with Gasteiger partial charge in [-0.1, -0.05) is 30.3 Å². The Hall–Kier alpha value is -3.93. The topological polar surface area (TPSA) is 70.8 Å². The smallest absolute Gasteiger partial charge is 0.240 e. The lowest BCUT2D eigenvalue weighted by Gasteiger charge is -2.35. The van der Waals surface area contributed by atoms with Gasteiger partial charge in [0.1, 0.15) is 6.04 Å². The summed E-state index contributed by atoms with van der Waals surface area (Å²) in [6.45, 7) is 3.94. The quantitative estimate of drug-likeness (QED) is 0.451. The average Bonchev–Trinajstić information content (AvgIpc) is 3.52. The van der Waals surface area contributed by atoms with E-state index in [1.165, 1.54) is 11.2 Å². The van der Waals surface area contributed by atoms with Gasteiger partial charge in [-0.25, -0.2) is 4.90 Å². The van der Waals surface area contributed by atoms with Crippen LogP contribution in [-0.2, 0) is 9.59 Å². The van der Waals surface area contributed by atoms with Gasteiger partial charge in [0.25, 0.3) is 0 Å². The van der Waals surface area contributed by atoms with Crippen molar-refractivity contribution < 1.29 is 18.8 Å². The lowest BCUT2D eigenvalue weighted by atomic mass is 9.84. The lowest BCUT2D eigenvalue weighted by Crippen LogP contribution is -2.44. The standard InChI is InChI=1S/C27H22N2O4/c1-15-9-10-18(14-16(15)2)29-26(31)21-22(27(29)32)24(25(30)20-8-5-13-33-20)28-12-11-17-6-3-4-7-19(17)23(21)28/h3-14,21-24H,1-2H3/t21-,22-,23+,24+/m1/s1. The Bertz CT molecular complexity index is 1340. The zero-order valence-electron chi connectivity index (χ0n) is 18.3. The van der Waals surface area contributed by atoms with Gasteiger partial charge in [-0.3, -0.25) is 14.4 Å². The van der Waals surface area contributed by atoms with Gasteiger partial charge in [0.15, 0.2) is 5.76 Å². The van der Waals surface area contributed by atoms with Crippen LogP contribution < -0.4 is 4.90 Å². The Labute approximate surface area is 191 Å². The van der Waals surface area contributed by atoms with Gasteiger partial charge < -0.3 is 9.32 Å². The molecule has 2 fully saturated rings. The number of aryl methyl sites for hydroxylation is 2. The maximum absolute atomic E-state index is 13.8. The second-order valence-electron chi connectivity index (χ2n) is 8.96. The predicted octanol–water partition coefficient (Wildman–Crippen LogP) is 4.29. The Morgan fingerprint density at radius 1 is 0.909 bits per heavy atom. The van der Waals surface area contributed by atoms with Gasteiger partial charge in [-0.05, 0) is 66.4 Å². The van der Waals surface area contributed by atoms with Crippen LogP contribution in [0.5, 0.6) is 0 Å². The predicted molar refractivity (Wildman–Crippen MR) is 122 cm³/mol. The number of carbonyl (C=O) groups is 3. The van der Waals surface area contributed by atoms with E-state index < -0.39 is 23.9 Å². The lowest BCUT2D eigenvalue weighted by molar-refractivity contribution is -0.123. The molecule has 0 aliphatic carbocycles. The minimum Gasteiger partial charge on any atom is -0.461 e. The number of nitrogens with zero attached hydrogens (tertiary/aromatic N) is 2. The summed E-state index contributed by atoms with van der Waals surface area (Å²) < 4.78 is 5.40. The van der Waals surface area contributed by atoms with Crippen LogP contribution in [0.25, 0.3) is 6.08 Å². The third-order valence-corrected chi connectivity index (χ3v) is 7.24. The van der Waals surface area contributed by atoms with Crippen LogP contribution in [0.3, 0.4) is 0 Å². The molecule has 3 aromatic rings. The number of benzene rings is 2. The van der Waals surface area contributed by atoms with Crippen LogP contribution >= 0.6 is 0 Å². The van der Waals surface area contributed by atoms with Crippen molar-refractivity contribution in [1.82, 2.24) is 4.90 Å². The normalized spacial score (nSPS) is 25.3. The highest BCUT2D eigenvalue weighted by atomic mass is 16.3. The number of ketones is 1. The number of carbonyl (C=O) groups excluding carboxylic acids is 3. The highest BCUT2D eigenvalue weighted by Crippen LogP contribution is 2.53. The first-order chi connectivity index (χ1) is 16.0. The number of furan rings is 1. The summed E-state index contributed by atoms with van der Waals surface area (Å²) in [5, 5.41) is 0. The van der Waals surface area contributed by atoms with E-state index in [1.54, 1.807) is 18.2 Å². The minimum atomic E-state index is -0.816. The maximum atomic E-state index is 13.8. The fourth-order valence-electron chi connectivity index (χ4n) is 5.54. The number of anilines is 1. The molecular formula is C27H22N2O4. The molecule has 0 spiro atoms. The van der Waals surface area contributed by atoms with E-state index in [0.717, 1.165) is 22.3 Å². The van der Waals surface area contributed by atoms with Crippen LogP contribution in [0.4, 0.5) is 5.69 Å². The molecule has 2 aromatic carbocycles. The van der Waals surface area contributed by atoms with E-state index in [4.69, 9.17) is 4.42 Å². The average molecular weight is 438 g/mol. The van der Waals surface area contributed by atoms with Crippen molar-refractivity contribution in [3.8, 4) is 0 Å². The van der Waals surface area contributed by atoms with Crippen molar-refractivity contribution in [2.45, 2.75) is 25.9 Å². The molecule has 0 saturated carbocycles. The molecule has 1 aromatic heterocycles. The summed E-state index contributed by atoms with van der Waals surface area (Å²) >= 11 is 0. The summed E-state index contributed by atoms with van der Waals surface area (Å²) in [6.07, 6.45) is 5.23. The summed E-state index contributed by atoms with van der Waals surface area (Å²) in [5.41, 5.74) is 4.58. The molecule has 6 nitrogen and oxygen atoms in total. The molecule has 164 valence electrons. The second kappa shape index (κ2) is 7.04. The van der Waals surface area contributed by atoms with Gasteiger partial charge in [0.05, 0.1) is 29.8 Å². The van der Waals surface area contributed by atoms with Gasteiger partial charge in [0, 0.05) is 6.20 Å². The Morgan fingerprint density at radius 2 is 1.70 bits per heavy atom. The number of hydrogen-bond acceptors (Lipinski definition) is 5. The SMILES string of the molecule is Cc1ccc(N2C(=O)[C@@H]3[C@@H](C2=O)[C@@H]2c4ccccc4C=CN2[C@@H]3C(=O)c2ccco2)cc1C. The van der Waals surface area contributed by atoms with E-state index in [1.807, 2.05) is 67.4 Å². The van der Waals surface area contributed by atoms with Crippen LogP contribution in [0.2, 0.25) is 0 Å². The van der Waals surface area contributed by atoms with Gasteiger partial charge in [0.2, 0.25) is 17.6 Å². The Morgan fingerprint density at radius 3 is 2.45 bits per heavy atom. The molecule has 0 bridgehead atoms. The monoisotopic (exact) mass is 438 g/mol. The van der Waals surface area contributed by atoms with E-state index in [2.05, 4.69) is 0 Å². The summed E-state index contributed by atoms with van der Waals surface area (Å²) in [5.74, 6) is -2.14. The van der Waals surface area contributed by atoms with Gasteiger partial charge >= 0.3 is 0 Å². The molecule has 3 aliphatic rings. The molecule has 6 rings (SSSR count). The molecule has 4 atom stereocenters. The van der Waals surface area contributed by atoms with Crippen LogP contribution in [0, 0.1) is 25.7 Å². The third kappa shape index (κ3) is 2.70.